The van der Waals surface area contributed by atoms with Crippen LogP contribution in [0.1, 0.15) is 32.3 Å². The van der Waals surface area contributed by atoms with Gasteiger partial charge in [0.1, 0.15) is 5.75 Å². The lowest BCUT2D eigenvalue weighted by molar-refractivity contribution is -0.122. The highest BCUT2D eigenvalue weighted by Gasteiger charge is 2.26. The third kappa shape index (κ3) is 5.77. The molecule has 22 heavy (non-hydrogen) atoms. The summed E-state index contributed by atoms with van der Waals surface area (Å²) in [6.45, 7) is 1.32. The number of hydrogen-bond donors (Lipinski definition) is 2. The van der Waals surface area contributed by atoms with E-state index in [4.69, 9.17) is 5.73 Å². The topological polar surface area (TPSA) is 64.3 Å². The van der Waals surface area contributed by atoms with E-state index in [0.717, 1.165) is 0 Å². The van der Waals surface area contributed by atoms with Crippen LogP contribution in [0.15, 0.2) is 24.3 Å². The van der Waals surface area contributed by atoms with Gasteiger partial charge >= 0.3 is 6.61 Å². The number of nitrogens with two attached hydrogens (primary N) is 1. The molecule has 0 aliphatic rings. The SMILES string of the molecule is CCC(CC)(CN)NC(=O)Cc1ccccc1OC(F)F.Cl. The maximum atomic E-state index is 12.3. The van der Waals surface area contributed by atoms with Crippen LogP contribution >= 0.6 is 12.4 Å². The molecule has 126 valence electrons. The quantitative estimate of drug-likeness (QED) is 0.767. The Bertz CT molecular complexity index is 460. The van der Waals surface area contributed by atoms with Gasteiger partial charge in [-0.15, -0.1) is 12.4 Å². The summed E-state index contributed by atoms with van der Waals surface area (Å²) in [5.74, 6) is -0.233. The summed E-state index contributed by atoms with van der Waals surface area (Å²) in [4.78, 5) is 12.1. The van der Waals surface area contributed by atoms with E-state index in [1.165, 1.54) is 6.07 Å². The van der Waals surface area contributed by atoms with E-state index in [1.807, 2.05) is 13.8 Å². The molecule has 0 fully saturated rings. The molecule has 0 aliphatic carbocycles. The molecule has 0 aromatic heterocycles. The number of amides is 1. The molecular formula is C15H23ClF2N2O2. The van der Waals surface area contributed by atoms with Crippen LogP contribution in [0.3, 0.4) is 0 Å². The van der Waals surface area contributed by atoms with Crippen LogP contribution in [-0.2, 0) is 11.2 Å². The summed E-state index contributed by atoms with van der Waals surface area (Å²) in [5.41, 5.74) is 5.70. The number of rotatable bonds is 8. The second kappa shape index (κ2) is 9.58. The molecule has 7 heteroatoms. The largest absolute Gasteiger partial charge is 0.435 e. The van der Waals surface area contributed by atoms with Gasteiger partial charge in [-0.3, -0.25) is 4.79 Å². The monoisotopic (exact) mass is 336 g/mol. The average molecular weight is 337 g/mol. The minimum absolute atomic E-state index is 0. The lowest BCUT2D eigenvalue weighted by Crippen LogP contribution is -2.53. The minimum Gasteiger partial charge on any atom is -0.435 e. The van der Waals surface area contributed by atoms with Crippen molar-refractivity contribution in [2.75, 3.05) is 6.54 Å². The van der Waals surface area contributed by atoms with Crippen LogP contribution in [0.5, 0.6) is 5.75 Å². The predicted molar refractivity (Wildman–Crippen MR) is 84.5 cm³/mol. The van der Waals surface area contributed by atoms with Crippen LogP contribution < -0.4 is 15.8 Å². The molecule has 1 aromatic rings. The Morgan fingerprint density at radius 3 is 2.41 bits per heavy atom. The van der Waals surface area contributed by atoms with Crippen molar-refractivity contribution >= 4 is 18.3 Å². The Hall–Kier alpha value is -1.40. The second-order valence-corrected chi connectivity index (χ2v) is 4.90. The number of nitrogens with one attached hydrogen (secondary N) is 1. The van der Waals surface area contributed by atoms with E-state index >= 15 is 0 Å². The highest BCUT2D eigenvalue weighted by atomic mass is 35.5. The Labute approximate surface area is 135 Å². The van der Waals surface area contributed by atoms with Gasteiger partial charge in [0.15, 0.2) is 0 Å². The molecule has 0 saturated heterocycles. The standard InChI is InChI=1S/C15H22F2N2O2.ClH/c1-3-15(4-2,10-18)19-13(20)9-11-7-5-6-8-12(11)21-14(16)17;/h5-8,14H,3-4,9-10,18H2,1-2H3,(H,19,20);1H. The number of ether oxygens (including phenoxy) is 1. The number of halogens is 3. The summed E-state index contributed by atoms with van der Waals surface area (Å²) in [7, 11) is 0. The highest BCUT2D eigenvalue weighted by molar-refractivity contribution is 5.85. The fraction of sp³-hybridized carbons (Fsp3) is 0.533. The van der Waals surface area contributed by atoms with Crippen LogP contribution in [-0.4, -0.2) is 24.6 Å². The highest BCUT2D eigenvalue weighted by Crippen LogP contribution is 2.21. The minimum atomic E-state index is -2.91. The number of alkyl halides is 2. The molecule has 0 heterocycles. The summed E-state index contributed by atoms with van der Waals surface area (Å²) < 4.78 is 29.1. The van der Waals surface area contributed by atoms with Crippen molar-refractivity contribution in [1.82, 2.24) is 5.32 Å². The third-order valence-electron chi connectivity index (χ3n) is 3.69. The van der Waals surface area contributed by atoms with Gasteiger partial charge in [0.05, 0.1) is 12.0 Å². The molecule has 0 atom stereocenters. The van der Waals surface area contributed by atoms with E-state index in [-0.39, 0.29) is 30.5 Å². The first-order valence-electron chi connectivity index (χ1n) is 7.00. The van der Waals surface area contributed by atoms with Crippen molar-refractivity contribution < 1.29 is 18.3 Å². The van der Waals surface area contributed by atoms with Crippen LogP contribution in [0, 0.1) is 0 Å². The summed E-state index contributed by atoms with van der Waals surface area (Å²) in [6.07, 6.45) is 1.40. The van der Waals surface area contributed by atoms with Gasteiger partial charge in [0, 0.05) is 12.1 Å². The summed E-state index contributed by atoms with van der Waals surface area (Å²) in [5, 5.41) is 2.90. The van der Waals surface area contributed by atoms with Gasteiger partial charge in [-0.2, -0.15) is 8.78 Å². The molecule has 0 radical (unpaired) electrons. The Morgan fingerprint density at radius 1 is 1.32 bits per heavy atom. The van der Waals surface area contributed by atoms with Crippen LogP contribution in [0.25, 0.3) is 0 Å². The van der Waals surface area contributed by atoms with Crippen LogP contribution in [0.4, 0.5) is 8.78 Å². The Balaban J connectivity index is 0.00000441. The van der Waals surface area contributed by atoms with Crippen molar-refractivity contribution in [3.63, 3.8) is 0 Å². The zero-order valence-electron chi connectivity index (χ0n) is 12.8. The molecule has 0 aliphatic heterocycles. The number of para-hydroxylation sites is 1. The molecule has 0 spiro atoms. The van der Waals surface area contributed by atoms with Gasteiger partial charge in [0.2, 0.25) is 5.91 Å². The van der Waals surface area contributed by atoms with Gasteiger partial charge in [0.25, 0.3) is 0 Å². The number of hydrogen-bond acceptors (Lipinski definition) is 3. The first-order chi connectivity index (χ1) is 9.96. The predicted octanol–water partition coefficient (Wildman–Crippen LogP) is 2.89. The zero-order valence-corrected chi connectivity index (χ0v) is 13.6. The molecule has 1 amide bonds. The van der Waals surface area contributed by atoms with Gasteiger partial charge in [-0.1, -0.05) is 32.0 Å². The smallest absolute Gasteiger partial charge is 0.387 e. The number of carbonyl (C=O) groups is 1. The first kappa shape index (κ1) is 20.6. The molecule has 0 bridgehead atoms. The van der Waals surface area contributed by atoms with Gasteiger partial charge in [-0.25, -0.2) is 0 Å². The molecule has 4 nitrogen and oxygen atoms in total. The maximum absolute atomic E-state index is 12.3. The summed E-state index contributed by atoms with van der Waals surface area (Å²) >= 11 is 0. The van der Waals surface area contributed by atoms with Crippen molar-refractivity contribution in [3.05, 3.63) is 29.8 Å². The molecule has 3 N–H and O–H groups in total. The molecule has 0 saturated carbocycles. The molecule has 0 unspecified atom stereocenters. The Morgan fingerprint density at radius 2 is 1.91 bits per heavy atom. The van der Waals surface area contributed by atoms with Crippen molar-refractivity contribution in [2.24, 2.45) is 5.73 Å². The van der Waals surface area contributed by atoms with E-state index in [9.17, 15) is 13.6 Å². The zero-order chi connectivity index (χ0) is 15.9. The van der Waals surface area contributed by atoms with Crippen molar-refractivity contribution in [3.8, 4) is 5.75 Å². The van der Waals surface area contributed by atoms with E-state index in [2.05, 4.69) is 10.1 Å². The van der Waals surface area contributed by atoms with Gasteiger partial charge in [-0.05, 0) is 18.9 Å². The lowest BCUT2D eigenvalue weighted by atomic mass is 9.92. The van der Waals surface area contributed by atoms with E-state index < -0.39 is 12.2 Å². The van der Waals surface area contributed by atoms with Gasteiger partial charge < -0.3 is 15.8 Å². The summed E-state index contributed by atoms with van der Waals surface area (Å²) in [6, 6.07) is 6.28. The molecule has 1 aromatic carbocycles. The maximum Gasteiger partial charge on any atom is 0.387 e. The normalized spacial score (nSPS) is 11.0. The molecule has 1 rings (SSSR count). The third-order valence-corrected chi connectivity index (χ3v) is 3.69. The fourth-order valence-electron chi connectivity index (χ4n) is 2.14. The molecular weight excluding hydrogens is 314 g/mol. The first-order valence-corrected chi connectivity index (χ1v) is 7.00. The van der Waals surface area contributed by atoms with Crippen LogP contribution in [0.2, 0.25) is 0 Å². The van der Waals surface area contributed by atoms with Crippen molar-refractivity contribution in [1.29, 1.82) is 0 Å². The Kier molecular flexibility index (Phi) is 8.97. The van der Waals surface area contributed by atoms with Crippen molar-refractivity contribution in [2.45, 2.75) is 45.3 Å². The number of benzene rings is 1. The van der Waals surface area contributed by atoms with E-state index in [1.54, 1.807) is 18.2 Å². The number of carbonyl (C=O) groups excluding carboxylic acids is 1. The van der Waals surface area contributed by atoms with E-state index in [0.29, 0.717) is 24.9 Å². The second-order valence-electron chi connectivity index (χ2n) is 4.90. The average Bonchev–Trinajstić information content (AvgIpc) is 2.46. The lowest BCUT2D eigenvalue weighted by Gasteiger charge is -2.31. The fourth-order valence-corrected chi connectivity index (χ4v) is 2.14.